The summed E-state index contributed by atoms with van der Waals surface area (Å²) in [5, 5.41) is 20.6. The minimum atomic E-state index is -4.94. The van der Waals surface area contributed by atoms with E-state index in [0.29, 0.717) is 19.3 Å². The number of carbonyl (C=O) groups is 3. The first kappa shape index (κ1) is 98.4. The van der Waals surface area contributed by atoms with Gasteiger partial charge in [-0.2, -0.15) is 0 Å². The van der Waals surface area contributed by atoms with Crippen molar-refractivity contribution >= 4 is 33.6 Å². The summed E-state index contributed by atoms with van der Waals surface area (Å²) in [5.74, 6) is -1.62. The van der Waals surface area contributed by atoms with Crippen molar-refractivity contribution in [2.45, 2.75) is 334 Å². The average molecular weight is 1480 g/mol. The number of unbranched alkanes of at least 4 members (excludes halogenated alkanes) is 28. The summed E-state index contributed by atoms with van der Waals surface area (Å²) in [6, 6.07) is 0. The van der Waals surface area contributed by atoms with Gasteiger partial charge in [-0.1, -0.05) is 301 Å². The van der Waals surface area contributed by atoms with Crippen LogP contribution in [0.5, 0.6) is 0 Å². The topological polar surface area (TPSA) is 231 Å². The van der Waals surface area contributed by atoms with Crippen LogP contribution in [-0.4, -0.2) is 95.9 Å². The van der Waals surface area contributed by atoms with Crippen LogP contribution < -0.4 is 0 Å². The minimum Gasteiger partial charge on any atom is -0.463 e. The van der Waals surface area contributed by atoms with Crippen LogP contribution in [0.1, 0.15) is 316 Å². The van der Waals surface area contributed by atoms with Crippen LogP contribution >= 0.6 is 15.6 Å². The molecule has 0 fully saturated rings. The van der Waals surface area contributed by atoms with E-state index in [2.05, 4.69) is 167 Å². The molecule has 0 aromatic rings. The molecule has 0 bridgehead atoms. The second-order valence-corrected chi connectivity index (χ2v) is 29.4. The Morgan fingerprint density at radius 3 is 0.816 bits per heavy atom. The predicted molar refractivity (Wildman–Crippen MR) is 426 cm³/mol. The van der Waals surface area contributed by atoms with Gasteiger partial charge < -0.3 is 34.2 Å². The molecule has 0 saturated heterocycles. The Hall–Kier alpha value is -4.57. The van der Waals surface area contributed by atoms with Crippen LogP contribution in [0.25, 0.3) is 0 Å². The largest absolute Gasteiger partial charge is 0.472 e. The van der Waals surface area contributed by atoms with Gasteiger partial charge in [0.25, 0.3) is 0 Å². The highest BCUT2D eigenvalue weighted by molar-refractivity contribution is 7.47. The first-order valence-electron chi connectivity index (χ1n) is 40.1. The van der Waals surface area contributed by atoms with Gasteiger partial charge in [0.1, 0.15) is 25.4 Å². The minimum absolute atomic E-state index is 0.0702. The maximum atomic E-state index is 13.0. The summed E-state index contributed by atoms with van der Waals surface area (Å²) in [6.07, 6.45) is 94.7. The number of aliphatic hydroxyl groups is 2. The van der Waals surface area contributed by atoms with Crippen LogP contribution in [-0.2, 0) is 55.8 Å². The maximum absolute atomic E-state index is 13.0. The van der Waals surface area contributed by atoms with Crippen molar-refractivity contribution in [2.24, 2.45) is 0 Å². The summed E-state index contributed by atoms with van der Waals surface area (Å²) < 4.78 is 61.1. The zero-order valence-electron chi connectivity index (χ0n) is 64.4. The Bertz CT molecular complexity index is 2450. The first-order valence-corrected chi connectivity index (χ1v) is 43.1. The van der Waals surface area contributed by atoms with Crippen LogP contribution in [0.15, 0.2) is 146 Å². The van der Waals surface area contributed by atoms with Gasteiger partial charge in [-0.25, -0.2) is 9.13 Å². The van der Waals surface area contributed by atoms with E-state index in [1.165, 1.54) is 96.3 Å². The lowest BCUT2D eigenvalue weighted by molar-refractivity contribution is -0.161. The van der Waals surface area contributed by atoms with Gasteiger partial charge in [0.15, 0.2) is 6.10 Å². The second kappa shape index (κ2) is 77.1. The molecule has 5 atom stereocenters. The van der Waals surface area contributed by atoms with E-state index in [0.717, 1.165) is 161 Å². The van der Waals surface area contributed by atoms with Gasteiger partial charge in [0.2, 0.25) is 0 Å². The highest BCUT2D eigenvalue weighted by Gasteiger charge is 2.29. The smallest absolute Gasteiger partial charge is 0.463 e. The Kier molecular flexibility index (Phi) is 73.6. The number of esters is 3. The van der Waals surface area contributed by atoms with Crippen LogP contribution in [0.3, 0.4) is 0 Å². The zero-order chi connectivity index (χ0) is 75.2. The molecule has 0 aromatic carbocycles. The van der Waals surface area contributed by atoms with Crippen molar-refractivity contribution in [3.63, 3.8) is 0 Å². The normalized spacial score (nSPS) is 14.7. The van der Waals surface area contributed by atoms with E-state index in [4.69, 9.17) is 32.3 Å². The lowest BCUT2D eigenvalue weighted by Gasteiger charge is -2.21. The summed E-state index contributed by atoms with van der Waals surface area (Å²) >= 11 is 0. The fourth-order valence-corrected chi connectivity index (χ4v) is 12.1. The van der Waals surface area contributed by atoms with Crippen molar-refractivity contribution in [1.82, 2.24) is 0 Å². The van der Waals surface area contributed by atoms with E-state index >= 15 is 0 Å². The molecule has 0 aliphatic carbocycles. The molecule has 0 spiro atoms. The summed E-state index contributed by atoms with van der Waals surface area (Å²) in [7, 11) is -9.81. The molecule has 5 unspecified atom stereocenters. The number of ether oxygens (including phenoxy) is 3. The van der Waals surface area contributed by atoms with Crippen LogP contribution in [0.4, 0.5) is 0 Å². The van der Waals surface area contributed by atoms with Crippen molar-refractivity contribution in [3.8, 4) is 0 Å². The van der Waals surface area contributed by atoms with E-state index < -0.39 is 91.5 Å². The average Bonchev–Trinajstić information content (AvgIpc) is 0.915. The van der Waals surface area contributed by atoms with E-state index in [-0.39, 0.29) is 19.3 Å². The lowest BCUT2D eigenvalue weighted by atomic mass is 10.0. The fraction of sp³-hybridized carbons (Fsp3) is 0.682. The van der Waals surface area contributed by atoms with Crippen molar-refractivity contribution < 1.29 is 75.8 Å². The molecular weight excluding hydrogens is 1340 g/mol. The van der Waals surface area contributed by atoms with Crippen molar-refractivity contribution in [2.75, 3.05) is 39.6 Å². The van der Waals surface area contributed by atoms with E-state index in [1.54, 1.807) is 0 Å². The number of carbonyl (C=O) groups excluding carboxylic acids is 3. The molecule has 16 nitrogen and oxygen atoms in total. The predicted octanol–water partition coefficient (Wildman–Crippen LogP) is 23.7. The third-order valence-corrected chi connectivity index (χ3v) is 18.4. The Labute approximate surface area is 626 Å². The van der Waals surface area contributed by atoms with Crippen molar-refractivity contribution in [3.05, 3.63) is 146 Å². The quantitative estimate of drug-likeness (QED) is 0.0146. The first-order chi connectivity index (χ1) is 50.2. The van der Waals surface area contributed by atoms with Gasteiger partial charge in [0.05, 0.1) is 26.4 Å². The van der Waals surface area contributed by atoms with Gasteiger partial charge >= 0.3 is 33.6 Å². The molecule has 0 aliphatic heterocycles. The Morgan fingerprint density at radius 2 is 0.515 bits per heavy atom. The van der Waals surface area contributed by atoms with Gasteiger partial charge in [-0.15, -0.1) is 0 Å². The standard InChI is InChI=1S/C85H144O16P2/c1-4-7-10-13-16-19-22-25-28-31-33-34-35-36-37-38-39-40-41-42-43-44-46-49-50-53-56-59-62-65-68-71-83(88)95-74-80(86)75-97-102(91,92)98-76-81(87)77-99-103(93,94)100-79-82(101-85(90)73-70-67-64-61-58-55-52-47-30-27-24-21-18-15-12-9-6-3)78-96-84(89)72-69-66-63-60-57-54-51-48-45-32-29-26-23-20-17-14-11-8-5-2/h7,9-10,12,16-21,25-30,33-34,36-37,45,48,52,55,80-82,86-87H,4-6,8,11,13-15,22-24,31-32,35,38-44,46-47,49-51,53-54,56-79H2,1-3H3,(H,91,92)(H,93,94)/b10-7-,12-9-,19-16-,20-17-,21-18-,28-25-,29-26-,30-27-,34-33-,37-36-,48-45-,55-52-. The van der Waals surface area contributed by atoms with Gasteiger partial charge in [-0.3, -0.25) is 32.5 Å². The number of hydrogen-bond donors (Lipinski definition) is 4. The number of phosphoric acid groups is 2. The summed E-state index contributed by atoms with van der Waals surface area (Å²) in [6.45, 7) is 2.39. The number of hydrogen-bond acceptors (Lipinski definition) is 14. The molecule has 0 saturated carbocycles. The Balaban J connectivity index is 4.53. The molecule has 0 rings (SSSR count). The van der Waals surface area contributed by atoms with Crippen LogP contribution in [0.2, 0.25) is 0 Å². The highest BCUT2D eigenvalue weighted by Crippen LogP contribution is 2.45. The maximum Gasteiger partial charge on any atom is 0.472 e. The zero-order valence-corrected chi connectivity index (χ0v) is 66.2. The van der Waals surface area contributed by atoms with Crippen molar-refractivity contribution in [1.29, 1.82) is 0 Å². The number of aliphatic hydroxyl groups excluding tert-OH is 2. The molecule has 18 heteroatoms. The number of allylic oxidation sites excluding steroid dienone is 24. The molecule has 0 aliphatic rings. The van der Waals surface area contributed by atoms with Crippen LogP contribution in [0, 0.1) is 0 Å². The third-order valence-electron chi connectivity index (χ3n) is 16.5. The molecule has 0 radical (unpaired) electrons. The fourth-order valence-electron chi connectivity index (χ4n) is 10.5. The lowest BCUT2D eigenvalue weighted by Crippen LogP contribution is -2.30. The summed E-state index contributed by atoms with van der Waals surface area (Å²) in [5.41, 5.74) is 0. The van der Waals surface area contributed by atoms with Gasteiger partial charge in [0, 0.05) is 19.3 Å². The molecule has 0 aromatic heterocycles. The number of phosphoric ester groups is 2. The second-order valence-electron chi connectivity index (χ2n) is 26.5. The molecule has 0 heterocycles. The number of rotatable bonds is 75. The third kappa shape index (κ3) is 78.3. The summed E-state index contributed by atoms with van der Waals surface area (Å²) in [4.78, 5) is 58.7. The SMILES string of the molecule is CC/C=C\C/C=C\C/C=C\C/C=C\C/C=C\CCCCCCCCCCCCCCCCCC(=O)OCC(O)COP(=O)(O)OCC(O)COP(=O)(O)OCC(COC(=O)CCCCCCCC/C=C\C/C=C\C/C=C\CCCCC)OC(=O)CCCCCC/C=C\C/C=C\C/C=C\C/C=C\CC. The molecule has 0 amide bonds. The molecule has 4 N–H and O–H groups in total. The molecule has 590 valence electrons. The molecule has 103 heavy (non-hydrogen) atoms. The van der Waals surface area contributed by atoms with E-state index in [1.807, 2.05) is 0 Å². The van der Waals surface area contributed by atoms with E-state index in [9.17, 15) is 43.5 Å². The Morgan fingerprint density at radius 1 is 0.282 bits per heavy atom. The molecular formula is C85H144O16P2. The monoisotopic (exact) mass is 1480 g/mol. The van der Waals surface area contributed by atoms with Gasteiger partial charge in [-0.05, 0) is 141 Å². The highest BCUT2D eigenvalue weighted by atomic mass is 31.2.